The van der Waals surface area contributed by atoms with Crippen LogP contribution in [-0.2, 0) is 4.74 Å². The van der Waals surface area contributed by atoms with Crippen LogP contribution in [0.25, 0.3) is 0 Å². The van der Waals surface area contributed by atoms with Gasteiger partial charge in [0.05, 0.1) is 6.61 Å². The average Bonchev–Trinajstić information content (AvgIpc) is 2.34. The Morgan fingerprint density at radius 2 is 1.53 bits per heavy atom. The summed E-state index contributed by atoms with van der Waals surface area (Å²) in [5, 5.41) is 1.08. The number of unbranched alkanes of at least 4 members (excludes halogenated alkanes) is 3. The summed E-state index contributed by atoms with van der Waals surface area (Å²) >= 11 is 3.69. The second kappa shape index (κ2) is 11.5. The smallest absolute Gasteiger partial charge is 0.0530 e. The molecular weight excluding hydrogens is 276 g/mol. The summed E-state index contributed by atoms with van der Waals surface area (Å²) in [6.07, 6.45) is 10.3. The summed E-state index contributed by atoms with van der Waals surface area (Å²) in [5.41, 5.74) is 0.383. The maximum atomic E-state index is 5.91. The van der Waals surface area contributed by atoms with Crippen molar-refractivity contribution < 1.29 is 4.74 Å². The third-order valence-corrected chi connectivity index (χ3v) is 4.58. The van der Waals surface area contributed by atoms with Crippen LogP contribution in [0.15, 0.2) is 0 Å². The SMILES string of the molecule is CCCCCCOCC(CBr)(CCC)CCC. The summed E-state index contributed by atoms with van der Waals surface area (Å²) in [6, 6.07) is 0. The predicted octanol–water partition coefficient (Wildman–Crippen LogP) is 5.56. The van der Waals surface area contributed by atoms with E-state index in [1.54, 1.807) is 0 Å². The average molecular weight is 307 g/mol. The van der Waals surface area contributed by atoms with Gasteiger partial charge in [0.25, 0.3) is 0 Å². The molecule has 1 nitrogen and oxygen atoms in total. The van der Waals surface area contributed by atoms with Crippen molar-refractivity contribution in [3.63, 3.8) is 0 Å². The Balaban J connectivity index is 3.82. The Morgan fingerprint density at radius 3 is 2.00 bits per heavy atom. The normalized spacial score (nSPS) is 12.0. The van der Waals surface area contributed by atoms with Crippen molar-refractivity contribution >= 4 is 15.9 Å². The minimum atomic E-state index is 0.383. The van der Waals surface area contributed by atoms with Crippen LogP contribution in [-0.4, -0.2) is 18.5 Å². The van der Waals surface area contributed by atoms with Crippen molar-refractivity contribution in [1.29, 1.82) is 0 Å². The van der Waals surface area contributed by atoms with Gasteiger partial charge in [0.15, 0.2) is 0 Å². The van der Waals surface area contributed by atoms with Gasteiger partial charge in [0, 0.05) is 17.4 Å². The van der Waals surface area contributed by atoms with Gasteiger partial charge in [-0.2, -0.15) is 0 Å². The fraction of sp³-hybridized carbons (Fsp3) is 1.00. The van der Waals surface area contributed by atoms with E-state index in [0.29, 0.717) is 5.41 Å². The third kappa shape index (κ3) is 8.20. The van der Waals surface area contributed by atoms with Gasteiger partial charge in [-0.25, -0.2) is 0 Å². The van der Waals surface area contributed by atoms with Crippen molar-refractivity contribution in [2.24, 2.45) is 5.41 Å². The maximum Gasteiger partial charge on any atom is 0.0530 e. The van der Waals surface area contributed by atoms with Crippen LogP contribution in [0.1, 0.15) is 72.1 Å². The fourth-order valence-corrected chi connectivity index (χ4v) is 3.14. The molecule has 0 atom stereocenters. The van der Waals surface area contributed by atoms with Crippen molar-refractivity contribution in [1.82, 2.24) is 0 Å². The van der Waals surface area contributed by atoms with E-state index >= 15 is 0 Å². The molecule has 0 heterocycles. The Bertz CT molecular complexity index is 153. The molecule has 0 aromatic carbocycles. The van der Waals surface area contributed by atoms with Crippen molar-refractivity contribution in [3.8, 4) is 0 Å². The minimum Gasteiger partial charge on any atom is -0.381 e. The Labute approximate surface area is 117 Å². The second-order valence-corrected chi connectivity index (χ2v) is 5.81. The Kier molecular flexibility index (Phi) is 11.8. The first-order valence-corrected chi connectivity index (χ1v) is 8.50. The topological polar surface area (TPSA) is 9.23 Å². The van der Waals surface area contributed by atoms with E-state index in [1.165, 1.54) is 51.4 Å². The lowest BCUT2D eigenvalue weighted by atomic mass is 9.82. The minimum absolute atomic E-state index is 0.383. The second-order valence-electron chi connectivity index (χ2n) is 5.25. The molecule has 0 fully saturated rings. The molecule has 0 spiro atoms. The molecule has 0 rings (SSSR count). The van der Waals surface area contributed by atoms with E-state index in [9.17, 15) is 0 Å². The Morgan fingerprint density at radius 1 is 0.882 bits per heavy atom. The number of rotatable bonds is 12. The van der Waals surface area contributed by atoms with Crippen molar-refractivity contribution in [3.05, 3.63) is 0 Å². The highest BCUT2D eigenvalue weighted by Crippen LogP contribution is 2.32. The van der Waals surface area contributed by atoms with Gasteiger partial charge in [-0.15, -0.1) is 0 Å². The van der Waals surface area contributed by atoms with Crippen LogP contribution < -0.4 is 0 Å². The maximum absolute atomic E-state index is 5.91. The first kappa shape index (κ1) is 17.4. The standard InChI is InChI=1S/C15H31BrO/c1-4-7-8-9-12-17-14-15(13-16,10-5-2)11-6-3/h4-14H2,1-3H3. The van der Waals surface area contributed by atoms with Crippen molar-refractivity contribution in [2.45, 2.75) is 72.1 Å². The molecular formula is C15H31BrO. The molecule has 0 aliphatic carbocycles. The number of alkyl halides is 1. The molecule has 0 unspecified atom stereocenters. The first-order valence-electron chi connectivity index (χ1n) is 7.38. The van der Waals surface area contributed by atoms with Crippen molar-refractivity contribution in [2.75, 3.05) is 18.5 Å². The van der Waals surface area contributed by atoms with E-state index in [2.05, 4.69) is 36.7 Å². The van der Waals surface area contributed by atoms with Crippen LogP contribution in [0.3, 0.4) is 0 Å². The zero-order valence-electron chi connectivity index (χ0n) is 12.1. The lowest BCUT2D eigenvalue weighted by molar-refractivity contribution is 0.0434. The number of ether oxygens (including phenoxy) is 1. The molecule has 17 heavy (non-hydrogen) atoms. The third-order valence-electron chi connectivity index (χ3n) is 3.39. The predicted molar refractivity (Wildman–Crippen MR) is 81.0 cm³/mol. The summed E-state index contributed by atoms with van der Waals surface area (Å²) in [4.78, 5) is 0. The van der Waals surface area contributed by atoms with E-state index < -0.39 is 0 Å². The molecule has 2 heteroatoms. The lowest BCUT2D eigenvalue weighted by Crippen LogP contribution is -2.29. The van der Waals surface area contributed by atoms with Gasteiger partial charge >= 0.3 is 0 Å². The van der Waals surface area contributed by atoms with Gasteiger partial charge < -0.3 is 4.74 Å². The summed E-state index contributed by atoms with van der Waals surface area (Å²) in [7, 11) is 0. The molecule has 0 saturated carbocycles. The van der Waals surface area contributed by atoms with E-state index in [4.69, 9.17) is 4.74 Å². The zero-order valence-corrected chi connectivity index (χ0v) is 13.7. The lowest BCUT2D eigenvalue weighted by Gasteiger charge is -2.31. The zero-order chi connectivity index (χ0) is 13.0. The molecule has 0 radical (unpaired) electrons. The molecule has 0 aromatic heterocycles. The molecule has 0 aromatic rings. The molecule has 104 valence electrons. The van der Waals surface area contributed by atoms with Gasteiger partial charge in [-0.3, -0.25) is 0 Å². The fourth-order valence-electron chi connectivity index (χ4n) is 2.42. The summed E-state index contributed by atoms with van der Waals surface area (Å²) in [5.74, 6) is 0. The Hall–Kier alpha value is 0.440. The van der Waals surface area contributed by atoms with Gasteiger partial charge in [-0.1, -0.05) is 68.8 Å². The van der Waals surface area contributed by atoms with Gasteiger partial charge in [-0.05, 0) is 19.3 Å². The number of hydrogen-bond donors (Lipinski definition) is 0. The van der Waals surface area contributed by atoms with Crippen LogP contribution in [0.4, 0.5) is 0 Å². The largest absolute Gasteiger partial charge is 0.381 e. The number of hydrogen-bond acceptors (Lipinski definition) is 1. The molecule has 0 N–H and O–H groups in total. The number of halogens is 1. The molecule has 0 bridgehead atoms. The van der Waals surface area contributed by atoms with Crippen LogP contribution in [0, 0.1) is 5.41 Å². The first-order chi connectivity index (χ1) is 8.24. The van der Waals surface area contributed by atoms with E-state index in [1.807, 2.05) is 0 Å². The van der Waals surface area contributed by atoms with Crippen LogP contribution in [0.2, 0.25) is 0 Å². The highest BCUT2D eigenvalue weighted by atomic mass is 79.9. The quantitative estimate of drug-likeness (QED) is 0.338. The van der Waals surface area contributed by atoms with Crippen LogP contribution in [0.5, 0.6) is 0 Å². The highest BCUT2D eigenvalue weighted by Gasteiger charge is 2.27. The highest BCUT2D eigenvalue weighted by molar-refractivity contribution is 9.09. The molecule has 0 saturated heterocycles. The van der Waals surface area contributed by atoms with Gasteiger partial charge in [0.1, 0.15) is 0 Å². The molecule has 0 aliphatic rings. The molecule has 0 aliphatic heterocycles. The monoisotopic (exact) mass is 306 g/mol. The summed E-state index contributed by atoms with van der Waals surface area (Å²) < 4.78 is 5.91. The van der Waals surface area contributed by atoms with E-state index in [-0.39, 0.29) is 0 Å². The van der Waals surface area contributed by atoms with E-state index in [0.717, 1.165) is 18.5 Å². The van der Waals surface area contributed by atoms with Crippen LogP contribution >= 0.6 is 15.9 Å². The van der Waals surface area contributed by atoms with Gasteiger partial charge in [0.2, 0.25) is 0 Å². The molecule has 0 amide bonds. The summed E-state index contributed by atoms with van der Waals surface area (Å²) in [6.45, 7) is 8.68.